The van der Waals surface area contributed by atoms with E-state index in [2.05, 4.69) is 27.2 Å². The van der Waals surface area contributed by atoms with Gasteiger partial charge in [-0.3, -0.25) is 19.2 Å². The van der Waals surface area contributed by atoms with Crippen molar-refractivity contribution >= 4 is 35.4 Å². The first-order valence-electron chi connectivity index (χ1n) is 20.5. The molecule has 12 heteroatoms. The minimum Gasteiger partial charge on any atom is -0.490 e. The summed E-state index contributed by atoms with van der Waals surface area (Å²) >= 11 is 0. The predicted octanol–water partition coefficient (Wildman–Crippen LogP) is 8.13. The highest BCUT2D eigenvalue weighted by Gasteiger charge is 2.32. The zero-order valence-corrected chi connectivity index (χ0v) is 33.3. The van der Waals surface area contributed by atoms with Gasteiger partial charge >= 0.3 is 11.9 Å². The van der Waals surface area contributed by atoms with Gasteiger partial charge in [0.25, 0.3) is 11.8 Å². The number of esters is 2. The molecule has 0 aliphatic heterocycles. The summed E-state index contributed by atoms with van der Waals surface area (Å²) in [4.78, 5) is 56.0. The molecule has 3 aliphatic rings. The number of hydrogen-bond donors (Lipinski definition) is 0. The van der Waals surface area contributed by atoms with Crippen LogP contribution in [0.1, 0.15) is 103 Å². The predicted molar refractivity (Wildman–Crippen MR) is 218 cm³/mol. The number of imide groups is 1. The second-order valence-corrected chi connectivity index (χ2v) is 15.5. The zero-order chi connectivity index (χ0) is 40.4. The smallest absolute Gasteiger partial charge is 0.308 e. The molecule has 0 spiro atoms. The lowest BCUT2D eigenvalue weighted by Gasteiger charge is -2.30. The van der Waals surface area contributed by atoms with Crippen LogP contribution in [0.5, 0.6) is 11.5 Å². The third-order valence-electron chi connectivity index (χ3n) is 11.8. The number of carbonyl (C=O) groups is 4. The lowest BCUT2D eigenvalue weighted by atomic mass is 9.87. The van der Waals surface area contributed by atoms with Crippen molar-refractivity contribution in [3.05, 3.63) is 108 Å². The van der Waals surface area contributed by atoms with Crippen LogP contribution in [0.15, 0.2) is 91.0 Å². The number of carbonyl (C=O) groups excluding carboxylic acids is 4. The molecule has 304 valence electrons. The van der Waals surface area contributed by atoms with Gasteiger partial charge in [0.1, 0.15) is 11.5 Å². The molecule has 0 unspecified atom stereocenters. The van der Waals surface area contributed by atoms with Gasteiger partial charge in [0, 0.05) is 23.7 Å². The van der Waals surface area contributed by atoms with Gasteiger partial charge < -0.3 is 23.8 Å². The highest BCUT2D eigenvalue weighted by atomic mass is 16.5. The maximum atomic E-state index is 14.4. The molecule has 1 aromatic heterocycles. The number of anilines is 2. The van der Waals surface area contributed by atoms with Crippen LogP contribution < -0.4 is 19.3 Å². The Morgan fingerprint density at radius 3 is 1.43 bits per heavy atom. The summed E-state index contributed by atoms with van der Waals surface area (Å²) in [6.45, 7) is 0.670. The Morgan fingerprint density at radius 2 is 1.00 bits per heavy atom. The van der Waals surface area contributed by atoms with Crippen LogP contribution >= 0.6 is 0 Å². The summed E-state index contributed by atoms with van der Waals surface area (Å²) in [5.41, 5.74) is 1.72. The van der Waals surface area contributed by atoms with E-state index in [1.165, 1.54) is 14.2 Å². The summed E-state index contributed by atoms with van der Waals surface area (Å²) < 4.78 is 22.3. The Labute approximate surface area is 339 Å². The van der Waals surface area contributed by atoms with E-state index < -0.39 is 11.8 Å². The highest BCUT2D eigenvalue weighted by Crippen LogP contribution is 2.32. The molecule has 7 rings (SSSR count). The van der Waals surface area contributed by atoms with Gasteiger partial charge in [0.15, 0.2) is 11.6 Å². The minimum atomic E-state index is -0.559. The van der Waals surface area contributed by atoms with Gasteiger partial charge in [-0.2, -0.15) is 0 Å². The van der Waals surface area contributed by atoms with Crippen LogP contribution in [0.3, 0.4) is 0 Å². The van der Waals surface area contributed by atoms with Crippen molar-refractivity contribution in [1.29, 1.82) is 0 Å². The van der Waals surface area contributed by atoms with Gasteiger partial charge in [-0.1, -0.05) is 43.2 Å². The van der Waals surface area contributed by atoms with E-state index >= 15 is 0 Å². The largest absolute Gasteiger partial charge is 0.490 e. The van der Waals surface area contributed by atoms with E-state index in [9.17, 15) is 19.2 Å². The van der Waals surface area contributed by atoms with Crippen molar-refractivity contribution in [2.45, 2.75) is 102 Å². The van der Waals surface area contributed by atoms with Crippen LogP contribution in [0.2, 0.25) is 0 Å². The van der Waals surface area contributed by atoms with Crippen LogP contribution in [0.4, 0.5) is 11.6 Å². The maximum Gasteiger partial charge on any atom is 0.308 e. The van der Waals surface area contributed by atoms with Crippen LogP contribution in [-0.4, -0.2) is 66.4 Å². The topological polar surface area (TPSA) is 137 Å². The highest BCUT2D eigenvalue weighted by molar-refractivity contribution is 6.25. The number of ether oxygens (including phenoxy) is 4. The fraction of sp³-hybridized carbons (Fsp3) is 0.435. The molecular weight excluding hydrogens is 737 g/mol. The van der Waals surface area contributed by atoms with Gasteiger partial charge in [-0.15, -0.1) is 10.2 Å². The average molecular weight is 789 g/mol. The van der Waals surface area contributed by atoms with E-state index in [4.69, 9.17) is 18.9 Å². The van der Waals surface area contributed by atoms with E-state index in [0.29, 0.717) is 55.6 Å². The quantitative estimate of drug-likeness (QED) is 0.0959. The summed E-state index contributed by atoms with van der Waals surface area (Å²) in [7, 11) is 2.83. The number of benzene rings is 3. The monoisotopic (exact) mass is 788 g/mol. The Kier molecular flexibility index (Phi) is 13.3. The second kappa shape index (κ2) is 19.1. The molecular formula is C46H52N4O8. The number of hydrogen-bond acceptors (Lipinski definition) is 11. The molecule has 2 amide bonds. The van der Waals surface area contributed by atoms with Gasteiger partial charge in [0.05, 0.1) is 38.3 Å². The van der Waals surface area contributed by atoms with Crippen molar-refractivity contribution < 1.29 is 38.1 Å². The second-order valence-electron chi connectivity index (χ2n) is 15.5. The summed E-state index contributed by atoms with van der Waals surface area (Å²) in [6.07, 6.45) is 9.99. The Morgan fingerprint density at radius 1 is 0.552 bits per heavy atom. The average Bonchev–Trinajstić information content (AvgIpc) is 3.82. The first kappa shape index (κ1) is 40.4. The zero-order valence-electron chi connectivity index (χ0n) is 33.3. The Hall–Kier alpha value is -5.78. The summed E-state index contributed by atoms with van der Waals surface area (Å²) in [6, 6.07) is 27.6. The van der Waals surface area contributed by atoms with Gasteiger partial charge in [-0.25, -0.2) is 4.90 Å². The first-order chi connectivity index (χ1) is 28.3. The van der Waals surface area contributed by atoms with Crippen molar-refractivity contribution in [1.82, 2.24) is 10.2 Å². The number of nitrogens with zero attached hydrogens (tertiary/aromatic N) is 4. The van der Waals surface area contributed by atoms with Crippen molar-refractivity contribution in [2.24, 2.45) is 11.8 Å². The molecule has 0 radical (unpaired) electrons. The van der Waals surface area contributed by atoms with E-state index in [1.54, 1.807) is 54.6 Å². The standard InChI is InChI=1S/C46H52N4O8/c1-55-45(53)34-16-24-39(25-17-34)57-37-20-12-32(13-21-37)43(51)50(44(52)33-14-22-38(23-15-33)58-40-26-18-35(19-27-40)46(54)56-2)42-29-28-41(47-48-42)49(36-10-6-7-11-36)30-31-8-4-3-5-9-31/h3-5,8-9,12-15,20-23,28-29,34-36,39-40H,6-7,10-11,16-19,24-27,30H2,1-2H3. The van der Waals surface area contributed by atoms with E-state index in [-0.39, 0.29) is 52.9 Å². The summed E-state index contributed by atoms with van der Waals surface area (Å²) in [5, 5.41) is 9.15. The molecule has 1 heterocycles. The van der Waals surface area contributed by atoms with Crippen LogP contribution in [0.25, 0.3) is 0 Å². The molecule has 0 atom stereocenters. The van der Waals surface area contributed by atoms with Crippen molar-refractivity contribution in [3.63, 3.8) is 0 Å². The number of amides is 2. The molecule has 12 nitrogen and oxygen atoms in total. The maximum absolute atomic E-state index is 14.4. The minimum absolute atomic E-state index is 0.0538. The Balaban J connectivity index is 1.10. The normalized spacial score (nSPS) is 20.7. The van der Waals surface area contributed by atoms with Crippen molar-refractivity contribution in [2.75, 3.05) is 24.0 Å². The lowest BCUT2D eigenvalue weighted by Crippen LogP contribution is -2.38. The summed E-state index contributed by atoms with van der Waals surface area (Å²) in [5.74, 6) is 0.287. The number of methoxy groups -OCH3 is 2. The van der Waals surface area contributed by atoms with Gasteiger partial charge in [-0.05, 0) is 130 Å². The molecule has 0 N–H and O–H groups in total. The molecule has 3 aliphatic carbocycles. The third-order valence-corrected chi connectivity index (χ3v) is 11.8. The molecule has 0 bridgehead atoms. The lowest BCUT2D eigenvalue weighted by molar-refractivity contribution is -0.147. The van der Waals surface area contributed by atoms with Crippen LogP contribution in [-0.2, 0) is 25.6 Å². The molecule has 0 saturated heterocycles. The fourth-order valence-electron chi connectivity index (χ4n) is 8.45. The van der Waals surface area contributed by atoms with Crippen LogP contribution in [0, 0.1) is 11.8 Å². The first-order valence-corrected chi connectivity index (χ1v) is 20.5. The van der Waals surface area contributed by atoms with Gasteiger partial charge in [0.2, 0.25) is 0 Å². The van der Waals surface area contributed by atoms with E-state index in [1.807, 2.05) is 24.3 Å². The van der Waals surface area contributed by atoms with Crippen molar-refractivity contribution in [3.8, 4) is 11.5 Å². The molecule has 58 heavy (non-hydrogen) atoms. The SMILES string of the molecule is COC(=O)C1CCC(Oc2ccc(C(=O)N(C(=O)c3ccc(OC4CCC(C(=O)OC)CC4)cc3)c3ccc(N(Cc4ccccc4)C4CCCC4)nn3)cc2)CC1. The molecule has 4 aromatic rings. The molecule has 3 aromatic carbocycles. The Bertz CT molecular complexity index is 1890. The van der Waals surface area contributed by atoms with E-state index in [0.717, 1.165) is 61.8 Å². The molecule has 3 fully saturated rings. The molecule has 3 saturated carbocycles. The number of aromatic nitrogens is 2. The third kappa shape index (κ3) is 9.84. The fourth-order valence-corrected chi connectivity index (χ4v) is 8.45. The number of rotatable bonds is 13.